The molecule has 0 spiro atoms. The fraction of sp³-hybridized carbons (Fsp3) is 0.583. The van der Waals surface area contributed by atoms with E-state index in [0.29, 0.717) is 23.6 Å². The van der Waals surface area contributed by atoms with Gasteiger partial charge in [0.2, 0.25) is 0 Å². The Morgan fingerprint density at radius 3 is 2.50 bits per heavy atom. The molecule has 6 heteroatoms. The first-order valence-electron chi connectivity index (χ1n) is 6.11. The van der Waals surface area contributed by atoms with Crippen LogP contribution in [0.3, 0.4) is 0 Å². The van der Waals surface area contributed by atoms with Crippen molar-refractivity contribution >= 4 is 23.4 Å². The molecular formula is C12H14ClN3O2. The molecule has 0 bridgehead atoms. The highest BCUT2D eigenvalue weighted by molar-refractivity contribution is 6.35. The summed E-state index contributed by atoms with van der Waals surface area (Å²) < 4.78 is 0. The topological polar surface area (TPSA) is 66.3 Å². The highest BCUT2D eigenvalue weighted by Crippen LogP contribution is 2.41. The maximum atomic E-state index is 11.2. The van der Waals surface area contributed by atoms with Crippen LogP contribution in [0, 0.1) is 0 Å². The summed E-state index contributed by atoms with van der Waals surface area (Å²) in [5.41, 5.74) is -0.0731. The number of carboxylic acids is 1. The number of rotatable bonds is 4. The van der Waals surface area contributed by atoms with Crippen molar-refractivity contribution in [3.05, 3.63) is 16.5 Å². The Morgan fingerprint density at radius 1 is 1.33 bits per heavy atom. The number of halogens is 1. The van der Waals surface area contributed by atoms with Crippen molar-refractivity contribution in [2.24, 2.45) is 0 Å². The van der Waals surface area contributed by atoms with Gasteiger partial charge in [0.05, 0.1) is 0 Å². The molecule has 96 valence electrons. The molecule has 0 aliphatic heterocycles. The number of carbonyl (C=O) groups is 1. The highest BCUT2D eigenvalue weighted by atomic mass is 35.5. The van der Waals surface area contributed by atoms with Gasteiger partial charge in [-0.15, -0.1) is 0 Å². The van der Waals surface area contributed by atoms with Crippen molar-refractivity contribution in [3.8, 4) is 0 Å². The minimum atomic E-state index is -1.09. The van der Waals surface area contributed by atoms with Gasteiger partial charge in [0.15, 0.2) is 11.5 Å². The van der Waals surface area contributed by atoms with Gasteiger partial charge >= 0.3 is 5.97 Å². The molecule has 18 heavy (non-hydrogen) atoms. The first-order chi connectivity index (χ1) is 8.58. The summed E-state index contributed by atoms with van der Waals surface area (Å²) in [6.07, 6.45) is 4.29. The van der Waals surface area contributed by atoms with E-state index >= 15 is 0 Å². The molecule has 1 heterocycles. The van der Waals surface area contributed by atoms with Crippen molar-refractivity contribution in [2.75, 3.05) is 11.9 Å². The van der Waals surface area contributed by atoms with Crippen LogP contribution in [-0.4, -0.2) is 34.1 Å². The number of nitrogens with zero attached hydrogens (tertiary/aromatic N) is 3. The minimum absolute atomic E-state index is 0.0731. The third-order valence-electron chi connectivity index (χ3n) is 3.42. The molecule has 1 aromatic heterocycles. The van der Waals surface area contributed by atoms with Crippen LogP contribution in [0.1, 0.15) is 47.9 Å². The van der Waals surface area contributed by atoms with Crippen molar-refractivity contribution in [3.63, 3.8) is 0 Å². The van der Waals surface area contributed by atoms with E-state index in [-0.39, 0.29) is 10.7 Å². The average Bonchev–Trinajstić information content (AvgIpc) is 3.17. The van der Waals surface area contributed by atoms with E-state index in [2.05, 4.69) is 9.97 Å². The minimum Gasteiger partial charge on any atom is -0.476 e. The fourth-order valence-electron chi connectivity index (χ4n) is 1.99. The number of hydrogen-bond donors (Lipinski definition) is 1. The van der Waals surface area contributed by atoms with Gasteiger partial charge in [-0.25, -0.2) is 14.8 Å². The van der Waals surface area contributed by atoms with E-state index in [9.17, 15) is 4.79 Å². The lowest BCUT2D eigenvalue weighted by Crippen LogP contribution is -2.23. The van der Waals surface area contributed by atoms with Crippen LogP contribution in [0.5, 0.6) is 0 Å². The lowest BCUT2D eigenvalue weighted by atomic mass is 10.3. The standard InChI is InChI=1S/C12H14ClN3O2/c1-16(7-4-5-7)11-8(13)9(12(17)18)14-10(15-11)6-2-3-6/h6-7H,2-5H2,1H3,(H,17,18). The molecule has 0 aromatic carbocycles. The summed E-state index contributed by atoms with van der Waals surface area (Å²) in [4.78, 5) is 21.7. The first kappa shape index (κ1) is 11.7. The maximum Gasteiger partial charge on any atom is 0.356 e. The predicted molar refractivity (Wildman–Crippen MR) is 67.4 cm³/mol. The Labute approximate surface area is 110 Å². The van der Waals surface area contributed by atoms with Crippen LogP contribution in [0.4, 0.5) is 5.82 Å². The Morgan fingerprint density at radius 2 is 2.00 bits per heavy atom. The second-order valence-corrected chi connectivity index (χ2v) is 5.37. The summed E-state index contributed by atoms with van der Waals surface area (Å²) in [5, 5.41) is 9.31. The van der Waals surface area contributed by atoms with Gasteiger partial charge in [0.1, 0.15) is 10.8 Å². The monoisotopic (exact) mass is 267 g/mol. The van der Waals surface area contributed by atoms with Crippen molar-refractivity contribution in [2.45, 2.75) is 37.6 Å². The Bertz CT molecular complexity index is 512. The average molecular weight is 268 g/mol. The molecule has 0 unspecified atom stereocenters. The highest BCUT2D eigenvalue weighted by Gasteiger charge is 2.33. The van der Waals surface area contributed by atoms with E-state index in [1.165, 1.54) is 0 Å². The smallest absolute Gasteiger partial charge is 0.356 e. The number of hydrogen-bond acceptors (Lipinski definition) is 4. The molecule has 0 radical (unpaired) electrons. The van der Waals surface area contributed by atoms with Gasteiger partial charge in [0.25, 0.3) is 0 Å². The fourth-order valence-corrected chi connectivity index (χ4v) is 2.29. The van der Waals surface area contributed by atoms with E-state index in [4.69, 9.17) is 16.7 Å². The predicted octanol–water partition coefficient (Wildman–Crippen LogP) is 2.30. The summed E-state index contributed by atoms with van der Waals surface area (Å²) in [7, 11) is 1.91. The molecule has 1 N–H and O–H groups in total. The SMILES string of the molecule is CN(c1nc(C2CC2)nc(C(=O)O)c1Cl)C1CC1. The Balaban J connectivity index is 2.06. The van der Waals surface area contributed by atoms with Gasteiger partial charge in [-0.2, -0.15) is 0 Å². The maximum absolute atomic E-state index is 11.2. The largest absolute Gasteiger partial charge is 0.476 e. The van der Waals surface area contributed by atoms with E-state index in [1.54, 1.807) is 0 Å². The molecule has 3 rings (SSSR count). The molecule has 0 amide bonds. The zero-order valence-corrected chi connectivity index (χ0v) is 10.8. The van der Waals surface area contributed by atoms with Gasteiger partial charge in [-0.1, -0.05) is 11.6 Å². The van der Waals surface area contributed by atoms with Crippen LogP contribution in [0.2, 0.25) is 5.02 Å². The molecule has 5 nitrogen and oxygen atoms in total. The molecule has 2 fully saturated rings. The number of anilines is 1. The van der Waals surface area contributed by atoms with Crippen LogP contribution in [-0.2, 0) is 0 Å². The lowest BCUT2D eigenvalue weighted by molar-refractivity contribution is 0.0690. The number of carboxylic acid groups (broad SMARTS) is 1. The van der Waals surface area contributed by atoms with Gasteiger partial charge in [0, 0.05) is 19.0 Å². The Kier molecular flexibility index (Phi) is 2.66. The van der Waals surface area contributed by atoms with Crippen LogP contribution >= 0.6 is 11.6 Å². The van der Waals surface area contributed by atoms with Gasteiger partial charge in [-0.05, 0) is 25.7 Å². The summed E-state index contributed by atoms with van der Waals surface area (Å²) in [6.45, 7) is 0. The zero-order chi connectivity index (χ0) is 12.9. The summed E-state index contributed by atoms with van der Waals surface area (Å²) in [5.74, 6) is 0.411. The second-order valence-electron chi connectivity index (χ2n) is 4.99. The molecule has 2 aliphatic carbocycles. The molecule has 0 atom stereocenters. The summed E-state index contributed by atoms with van der Waals surface area (Å²) in [6, 6.07) is 0.436. The Hall–Kier alpha value is -1.36. The van der Waals surface area contributed by atoms with E-state index in [0.717, 1.165) is 25.7 Å². The quantitative estimate of drug-likeness (QED) is 0.907. The third-order valence-corrected chi connectivity index (χ3v) is 3.77. The van der Waals surface area contributed by atoms with Crippen molar-refractivity contribution < 1.29 is 9.90 Å². The third kappa shape index (κ3) is 2.03. The number of aromatic carboxylic acids is 1. The van der Waals surface area contributed by atoms with Crippen molar-refractivity contribution in [1.29, 1.82) is 0 Å². The number of aromatic nitrogens is 2. The molecule has 0 saturated heterocycles. The van der Waals surface area contributed by atoms with E-state index in [1.807, 2.05) is 11.9 Å². The van der Waals surface area contributed by atoms with Gasteiger partial charge < -0.3 is 10.0 Å². The second kappa shape index (κ2) is 4.09. The summed E-state index contributed by atoms with van der Waals surface area (Å²) >= 11 is 6.12. The van der Waals surface area contributed by atoms with Gasteiger partial charge in [-0.3, -0.25) is 0 Å². The molecular weight excluding hydrogens is 254 g/mol. The van der Waals surface area contributed by atoms with Crippen LogP contribution in [0.25, 0.3) is 0 Å². The zero-order valence-electron chi connectivity index (χ0n) is 10.1. The van der Waals surface area contributed by atoms with Crippen molar-refractivity contribution in [1.82, 2.24) is 9.97 Å². The molecule has 2 saturated carbocycles. The van der Waals surface area contributed by atoms with Crippen LogP contribution < -0.4 is 4.90 Å². The van der Waals surface area contributed by atoms with Crippen LogP contribution in [0.15, 0.2) is 0 Å². The van der Waals surface area contributed by atoms with E-state index < -0.39 is 5.97 Å². The molecule has 1 aromatic rings. The normalized spacial score (nSPS) is 18.8. The lowest BCUT2D eigenvalue weighted by Gasteiger charge is -2.20. The molecule has 2 aliphatic rings. The first-order valence-corrected chi connectivity index (χ1v) is 6.49.